The quantitative estimate of drug-likeness (QED) is 0.550. The topological polar surface area (TPSA) is 38.3 Å². The molecule has 0 bridgehead atoms. The van der Waals surface area contributed by atoms with Crippen LogP contribution in [-0.2, 0) is 9.53 Å². The standard InChI is InChI=1S/C14H27NO2/c1-3-5-10-17-14(16)11-15-13-9-7-6-8-12(13)4-2/h12-13,15H,3-11H2,1-2H3. The van der Waals surface area contributed by atoms with E-state index >= 15 is 0 Å². The van der Waals surface area contributed by atoms with E-state index in [0.29, 0.717) is 19.2 Å². The number of carbonyl (C=O) groups excluding carboxylic acids is 1. The van der Waals surface area contributed by atoms with Crippen molar-refractivity contribution in [1.82, 2.24) is 5.32 Å². The van der Waals surface area contributed by atoms with E-state index in [-0.39, 0.29) is 5.97 Å². The number of nitrogens with one attached hydrogen (secondary N) is 1. The van der Waals surface area contributed by atoms with E-state index in [2.05, 4.69) is 19.2 Å². The van der Waals surface area contributed by atoms with Gasteiger partial charge >= 0.3 is 5.97 Å². The fourth-order valence-corrected chi connectivity index (χ4v) is 2.56. The van der Waals surface area contributed by atoms with Crippen molar-refractivity contribution in [3.8, 4) is 0 Å². The fraction of sp³-hybridized carbons (Fsp3) is 0.929. The summed E-state index contributed by atoms with van der Waals surface area (Å²) >= 11 is 0. The summed E-state index contributed by atoms with van der Waals surface area (Å²) < 4.78 is 5.14. The third-order valence-corrected chi connectivity index (χ3v) is 3.70. The first-order chi connectivity index (χ1) is 8.27. The molecular formula is C14H27NO2. The van der Waals surface area contributed by atoms with Crippen molar-refractivity contribution in [2.45, 2.75) is 64.8 Å². The van der Waals surface area contributed by atoms with Gasteiger partial charge in [0.15, 0.2) is 0 Å². The molecule has 1 rings (SSSR count). The largest absolute Gasteiger partial charge is 0.465 e. The van der Waals surface area contributed by atoms with Crippen LogP contribution in [-0.4, -0.2) is 25.2 Å². The lowest BCUT2D eigenvalue weighted by Crippen LogP contribution is -2.41. The normalized spacial score (nSPS) is 24.6. The molecule has 0 aromatic heterocycles. The summed E-state index contributed by atoms with van der Waals surface area (Å²) in [7, 11) is 0. The molecule has 0 amide bonds. The first-order valence-corrected chi connectivity index (χ1v) is 7.16. The maximum absolute atomic E-state index is 11.5. The van der Waals surface area contributed by atoms with Crippen LogP contribution in [0.3, 0.4) is 0 Å². The molecular weight excluding hydrogens is 214 g/mol. The zero-order valence-electron chi connectivity index (χ0n) is 11.3. The van der Waals surface area contributed by atoms with Gasteiger partial charge in [0.2, 0.25) is 0 Å². The molecule has 1 N–H and O–H groups in total. The predicted octanol–water partition coefficient (Wildman–Crippen LogP) is 2.89. The van der Waals surface area contributed by atoms with Gasteiger partial charge in [0.1, 0.15) is 0 Å². The van der Waals surface area contributed by atoms with Gasteiger partial charge in [0, 0.05) is 6.04 Å². The summed E-state index contributed by atoms with van der Waals surface area (Å²) in [6.07, 6.45) is 8.40. The first-order valence-electron chi connectivity index (χ1n) is 7.16. The first kappa shape index (κ1) is 14.5. The highest BCUT2D eigenvalue weighted by Gasteiger charge is 2.23. The van der Waals surface area contributed by atoms with Gasteiger partial charge < -0.3 is 10.1 Å². The number of rotatable bonds is 7. The third kappa shape index (κ3) is 5.53. The Morgan fingerprint density at radius 2 is 2.06 bits per heavy atom. The average molecular weight is 241 g/mol. The second-order valence-electron chi connectivity index (χ2n) is 5.01. The van der Waals surface area contributed by atoms with Crippen LogP contribution in [0.15, 0.2) is 0 Å². The van der Waals surface area contributed by atoms with E-state index in [0.717, 1.165) is 18.8 Å². The summed E-state index contributed by atoms with van der Waals surface area (Å²) in [5.74, 6) is 0.645. The molecule has 0 radical (unpaired) electrons. The van der Waals surface area contributed by atoms with E-state index in [1.807, 2.05) is 0 Å². The Morgan fingerprint density at radius 1 is 1.29 bits per heavy atom. The number of hydrogen-bond acceptors (Lipinski definition) is 3. The number of esters is 1. The molecule has 0 aliphatic heterocycles. The molecule has 0 saturated heterocycles. The van der Waals surface area contributed by atoms with Gasteiger partial charge in [0.05, 0.1) is 13.2 Å². The molecule has 0 heterocycles. The Kier molecular flexibility index (Phi) is 7.25. The highest BCUT2D eigenvalue weighted by atomic mass is 16.5. The highest BCUT2D eigenvalue weighted by molar-refractivity contribution is 5.71. The van der Waals surface area contributed by atoms with Crippen molar-refractivity contribution in [3.63, 3.8) is 0 Å². The molecule has 1 aliphatic carbocycles. The average Bonchev–Trinajstić information content (AvgIpc) is 2.37. The van der Waals surface area contributed by atoms with Crippen LogP contribution >= 0.6 is 0 Å². The molecule has 2 atom stereocenters. The summed E-state index contributed by atoms with van der Waals surface area (Å²) in [5, 5.41) is 3.37. The molecule has 100 valence electrons. The molecule has 3 heteroatoms. The Labute approximate surface area is 105 Å². The van der Waals surface area contributed by atoms with Crippen molar-refractivity contribution in [3.05, 3.63) is 0 Å². The van der Waals surface area contributed by atoms with Gasteiger partial charge in [-0.2, -0.15) is 0 Å². The highest BCUT2D eigenvalue weighted by Crippen LogP contribution is 2.26. The van der Waals surface area contributed by atoms with E-state index in [4.69, 9.17) is 4.74 Å². The Morgan fingerprint density at radius 3 is 2.76 bits per heavy atom. The summed E-state index contributed by atoms with van der Waals surface area (Å²) in [4.78, 5) is 11.5. The molecule has 1 aliphatic rings. The molecule has 1 fully saturated rings. The van der Waals surface area contributed by atoms with Crippen LogP contribution in [0.25, 0.3) is 0 Å². The minimum Gasteiger partial charge on any atom is -0.465 e. The van der Waals surface area contributed by atoms with Crippen LogP contribution in [0.5, 0.6) is 0 Å². The van der Waals surface area contributed by atoms with Crippen molar-refractivity contribution >= 4 is 5.97 Å². The Balaban J connectivity index is 2.17. The lowest BCUT2D eigenvalue weighted by molar-refractivity contribution is -0.142. The van der Waals surface area contributed by atoms with Gasteiger partial charge in [-0.3, -0.25) is 4.79 Å². The second-order valence-corrected chi connectivity index (χ2v) is 5.01. The summed E-state index contributed by atoms with van der Waals surface area (Å²) in [6.45, 7) is 5.29. The van der Waals surface area contributed by atoms with Gasteiger partial charge in [-0.05, 0) is 25.2 Å². The van der Waals surface area contributed by atoms with Crippen molar-refractivity contribution in [1.29, 1.82) is 0 Å². The van der Waals surface area contributed by atoms with Gasteiger partial charge in [-0.1, -0.05) is 39.5 Å². The van der Waals surface area contributed by atoms with Gasteiger partial charge in [0.25, 0.3) is 0 Å². The Hall–Kier alpha value is -0.570. The molecule has 0 aromatic rings. The van der Waals surface area contributed by atoms with E-state index in [1.165, 1.54) is 32.1 Å². The summed E-state index contributed by atoms with van der Waals surface area (Å²) in [5.41, 5.74) is 0. The van der Waals surface area contributed by atoms with Crippen LogP contribution in [0.2, 0.25) is 0 Å². The van der Waals surface area contributed by atoms with Crippen molar-refractivity contribution in [2.24, 2.45) is 5.92 Å². The van der Waals surface area contributed by atoms with E-state index < -0.39 is 0 Å². The third-order valence-electron chi connectivity index (χ3n) is 3.70. The number of ether oxygens (including phenoxy) is 1. The monoisotopic (exact) mass is 241 g/mol. The molecule has 2 unspecified atom stereocenters. The molecule has 17 heavy (non-hydrogen) atoms. The van der Waals surface area contributed by atoms with Crippen LogP contribution in [0, 0.1) is 5.92 Å². The summed E-state index contributed by atoms with van der Waals surface area (Å²) in [6, 6.07) is 0.521. The SMILES string of the molecule is CCCCOC(=O)CNC1CCCCC1CC. The van der Waals surface area contributed by atoms with Crippen molar-refractivity contribution < 1.29 is 9.53 Å². The lowest BCUT2D eigenvalue weighted by Gasteiger charge is -2.31. The lowest BCUT2D eigenvalue weighted by atomic mass is 9.83. The number of unbranched alkanes of at least 4 members (excludes halogenated alkanes) is 1. The van der Waals surface area contributed by atoms with Crippen LogP contribution < -0.4 is 5.32 Å². The van der Waals surface area contributed by atoms with Gasteiger partial charge in [-0.25, -0.2) is 0 Å². The smallest absolute Gasteiger partial charge is 0.319 e. The molecule has 1 saturated carbocycles. The van der Waals surface area contributed by atoms with Crippen LogP contribution in [0.4, 0.5) is 0 Å². The maximum atomic E-state index is 11.5. The minimum atomic E-state index is -0.0983. The zero-order chi connectivity index (χ0) is 12.5. The van der Waals surface area contributed by atoms with Crippen molar-refractivity contribution in [2.75, 3.05) is 13.2 Å². The molecule has 3 nitrogen and oxygen atoms in total. The van der Waals surface area contributed by atoms with E-state index in [1.54, 1.807) is 0 Å². The maximum Gasteiger partial charge on any atom is 0.319 e. The molecule has 0 aromatic carbocycles. The minimum absolute atomic E-state index is 0.0983. The number of carbonyl (C=O) groups is 1. The van der Waals surface area contributed by atoms with E-state index in [9.17, 15) is 4.79 Å². The fourth-order valence-electron chi connectivity index (χ4n) is 2.56. The molecule has 0 spiro atoms. The second kappa shape index (κ2) is 8.51. The predicted molar refractivity (Wildman–Crippen MR) is 69.9 cm³/mol. The van der Waals surface area contributed by atoms with Gasteiger partial charge in [-0.15, -0.1) is 0 Å². The zero-order valence-corrected chi connectivity index (χ0v) is 11.3. The Bertz CT molecular complexity index is 218. The van der Waals surface area contributed by atoms with Crippen LogP contribution in [0.1, 0.15) is 58.8 Å². The number of hydrogen-bond donors (Lipinski definition) is 1.